The summed E-state index contributed by atoms with van der Waals surface area (Å²) in [7, 11) is 0. The minimum atomic E-state index is -0.781. The second kappa shape index (κ2) is 65.2. The van der Waals surface area contributed by atoms with Crippen LogP contribution in [-0.4, -0.2) is 37.2 Å². The molecular formula is C70H130O6. The van der Waals surface area contributed by atoms with Gasteiger partial charge in [-0.25, -0.2) is 0 Å². The van der Waals surface area contributed by atoms with Gasteiger partial charge in [0.1, 0.15) is 13.2 Å². The van der Waals surface area contributed by atoms with Crippen LogP contribution in [0.3, 0.4) is 0 Å². The molecule has 0 saturated heterocycles. The van der Waals surface area contributed by atoms with Crippen LogP contribution < -0.4 is 0 Å². The van der Waals surface area contributed by atoms with Crippen molar-refractivity contribution in [1.29, 1.82) is 0 Å². The van der Waals surface area contributed by atoms with Gasteiger partial charge in [0, 0.05) is 19.3 Å². The zero-order chi connectivity index (χ0) is 55.0. The van der Waals surface area contributed by atoms with Crippen LogP contribution in [0.4, 0.5) is 0 Å². The maximum absolute atomic E-state index is 12.9. The minimum Gasteiger partial charge on any atom is -0.462 e. The molecule has 0 aromatic carbocycles. The molecule has 0 spiro atoms. The highest BCUT2D eigenvalue weighted by molar-refractivity contribution is 5.71. The average Bonchev–Trinajstić information content (AvgIpc) is 3.42. The van der Waals surface area contributed by atoms with E-state index in [1.165, 1.54) is 250 Å². The SMILES string of the molecule is CCCC/C=C\C/C=C\CCCCCCCC(=O)OCC(COC(=O)CCCCCCCCCCCCCCCCCCCCCCCCCCCCCC)OC(=O)CCCCCCC/C=C\CCCCCCCCC. The van der Waals surface area contributed by atoms with Crippen LogP contribution in [0.2, 0.25) is 0 Å². The highest BCUT2D eigenvalue weighted by atomic mass is 16.6. The van der Waals surface area contributed by atoms with Crippen LogP contribution in [0, 0.1) is 0 Å². The number of ether oxygens (including phenoxy) is 3. The summed E-state index contributed by atoms with van der Waals surface area (Å²) in [6.07, 6.45) is 80.3. The maximum Gasteiger partial charge on any atom is 0.306 e. The zero-order valence-electron chi connectivity index (χ0n) is 51.3. The summed E-state index contributed by atoms with van der Waals surface area (Å²) >= 11 is 0. The summed E-state index contributed by atoms with van der Waals surface area (Å²) in [4.78, 5) is 38.3. The average molecular weight is 1070 g/mol. The van der Waals surface area contributed by atoms with Crippen molar-refractivity contribution < 1.29 is 28.6 Å². The van der Waals surface area contributed by atoms with E-state index in [2.05, 4.69) is 57.2 Å². The summed E-state index contributed by atoms with van der Waals surface area (Å²) in [5.74, 6) is -0.875. The second-order valence-corrected chi connectivity index (χ2v) is 23.1. The molecule has 0 aromatic rings. The highest BCUT2D eigenvalue weighted by Gasteiger charge is 2.19. The molecule has 0 amide bonds. The van der Waals surface area contributed by atoms with Crippen molar-refractivity contribution in [3.8, 4) is 0 Å². The topological polar surface area (TPSA) is 78.9 Å². The third-order valence-corrected chi connectivity index (χ3v) is 15.4. The van der Waals surface area contributed by atoms with Crippen molar-refractivity contribution in [1.82, 2.24) is 0 Å². The smallest absolute Gasteiger partial charge is 0.306 e. The molecule has 0 fully saturated rings. The molecule has 0 radical (unpaired) electrons. The van der Waals surface area contributed by atoms with E-state index in [1.54, 1.807) is 0 Å². The van der Waals surface area contributed by atoms with Gasteiger partial charge in [0.25, 0.3) is 0 Å². The molecule has 446 valence electrons. The van der Waals surface area contributed by atoms with Crippen LogP contribution in [0.1, 0.15) is 374 Å². The Bertz CT molecular complexity index is 1270. The first-order valence-electron chi connectivity index (χ1n) is 34.0. The van der Waals surface area contributed by atoms with Crippen LogP contribution in [-0.2, 0) is 28.6 Å². The predicted molar refractivity (Wildman–Crippen MR) is 330 cm³/mol. The number of carbonyl (C=O) groups excluding carboxylic acids is 3. The van der Waals surface area contributed by atoms with Crippen LogP contribution in [0.5, 0.6) is 0 Å². The molecule has 0 aliphatic heterocycles. The van der Waals surface area contributed by atoms with Gasteiger partial charge in [-0.2, -0.15) is 0 Å². The Labute approximate surface area is 474 Å². The monoisotopic (exact) mass is 1070 g/mol. The lowest BCUT2D eigenvalue weighted by Gasteiger charge is -2.18. The molecule has 0 aliphatic rings. The molecule has 0 aliphatic carbocycles. The van der Waals surface area contributed by atoms with Gasteiger partial charge in [-0.1, -0.05) is 320 Å². The summed E-state index contributed by atoms with van der Waals surface area (Å²) in [5.41, 5.74) is 0. The van der Waals surface area contributed by atoms with Gasteiger partial charge in [-0.15, -0.1) is 0 Å². The van der Waals surface area contributed by atoms with E-state index < -0.39 is 6.10 Å². The van der Waals surface area contributed by atoms with Gasteiger partial charge in [-0.05, 0) is 70.6 Å². The van der Waals surface area contributed by atoms with Crippen molar-refractivity contribution in [2.45, 2.75) is 380 Å². The third-order valence-electron chi connectivity index (χ3n) is 15.4. The number of esters is 3. The number of hydrogen-bond donors (Lipinski definition) is 0. The molecule has 0 aromatic heterocycles. The van der Waals surface area contributed by atoms with Crippen LogP contribution in [0.25, 0.3) is 0 Å². The number of hydrogen-bond acceptors (Lipinski definition) is 6. The fourth-order valence-electron chi connectivity index (χ4n) is 10.2. The van der Waals surface area contributed by atoms with Crippen molar-refractivity contribution in [3.63, 3.8) is 0 Å². The van der Waals surface area contributed by atoms with Crippen molar-refractivity contribution in [2.24, 2.45) is 0 Å². The Morgan fingerprint density at radius 2 is 0.487 bits per heavy atom. The molecule has 6 nitrogen and oxygen atoms in total. The van der Waals surface area contributed by atoms with Gasteiger partial charge in [0.05, 0.1) is 0 Å². The summed E-state index contributed by atoms with van der Waals surface area (Å²) < 4.78 is 16.9. The lowest BCUT2D eigenvalue weighted by Crippen LogP contribution is -2.30. The first kappa shape index (κ1) is 73.6. The first-order chi connectivity index (χ1) is 37.5. The van der Waals surface area contributed by atoms with Gasteiger partial charge in [-0.3, -0.25) is 14.4 Å². The van der Waals surface area contributed by atoms with Crippen molar-refractivity contribution in [2.75, 3.05) is 13.2 Å². The van der Waals surface area contributed by atoms with E-state index in [-0.39, 0.29) is 31.1 Å². The lowest BCUT2D eigenvalue weighted by molar-refractivity contribution is -0.167. The molecule has 0 rings (SSSR count). The third kappa shape index (κ3) is 62.5. The van der Waals surface area contributed by atoms with E-state index in [0.717, 1.165) is 83.5 Å². The number of allylic oxidation sites excluding steroid dienone is 6. The van der Waals surface area contributed by atoms with Gasteiger partial charge >= 0.3 is 17.9 Å². The summed E-state index contributed by atoms with van der Waals surface area (Å²) in [6.45, 7) is 6.64. The quantitative estimate of drug-likeness (QED) is 0.0261. The molecular weight excluding hydrogens is 937 g/mol. The van der Waals surface area contributed by atoms with Crippen LogP contribution in [0.15, 0.2) is 36.5 Å². The maximum atomic E-state index is 12.9. The minimum absolute atomic E-state index is 0.0759. The van der Waals surface area contributed by atoms with Crippen molar-refractivity contribution >= 4 is 17.9 Å². The molecule has 0 N–H and O–H groups in total. The Balaban J connectivity index is 4.19. The fraction of sp³-hybridized carbons (Fsp3) is 0.871. The van der Waals surface area contributed by atoms with Gasteiger partial charge in [0.15, 0.2) is 6.10 Å². The Kier molecular flexibility index (Phi) is 63.1. The van der Waals surface area contributed by atoms with Gasteiger partial charge < -0.3 is 14.2 Å². The summed E-state index contributed by atoms with van der Waals surface area (Å²) in [6, 6.07) is 0. The van der Waals surface area contributed by atoms with E-state index in [1.807, 2.05) is 0 Å². The van der Waals surface area contributed by atoms with E-state index in [9.17, 15) is 14.4 Å². The molecule has 1 unspecified atom stereocenters. The van der Waals surface area contributed by atoms with E-state index in [0.29, 0.717) is 19.3 Å². The van der Waals surface area contributed by atoms with Crippen molar-refractivity contribution in [3.05, 3.63) is 36.5 Å². The molecule has 0 bridgehead atoms. The zero-order valence-corrected chi connectivity index (χ0v) is 51.3. The predicted octanol–water partition coefficient (Wildman–Crippen LogP) is 23.2. The summed E-state index contributed by atoms with van der Waals surface area (Å²) in [5, 5.41) is 0. The molecule has 1 atom stereocenters. The lowest BCUT2D eigenvalue weighted by atomic mass is 10.0. The second-order valence-electron chi connectivity index (χ2n) is 23.1. The number of rotatable bonds is 63. The molecule has 0 saturated carbocycles. The Morgan fingerprint density at radius 3 is 0.776 bits per heavy atom. The van der Waals surface area contributed by atoms with Gasteiger partial charge in [0.2, 0.25) is 0 Å². The number of unbranched alkanes of at least 4 members (excludes halogenated alkanes) is 46. The number of carbonyl (C=O) groups is 3. The van der Waals surface area contributed by atoms with E-state index in [4.69, 9.17) is 14.2 Å². The molecule has 0 heterocycles. The Morgan fingerprint density at radius 1 is 0.263 bits per heavy atom. The first-order valence-corrected chi connectivity index (χ1v) is 34.0. The highest BCUT2D eigenvalue weighted by Crippen LogP contribution is 2.18. The van der Waals surface area contributed by atoms with E-state index >= 15 is 0 Å². The molecule has 76 heavy (non-hydrogen) atoms. The largest absolute Gasteiger partial charge is 0.462 e. The standard InChI is InChI=1S/C70H130O6/c1-4-7-10-13-16-19-22-25-28-30-31-32-33-34-35-36-37-38-39-40-41-43-45-48-51-54-57-60-63-69(72)75-66-67(65-74-68(71)62-59-56-53-50-47-44-27-24-21-18-15-12-9-6-3)76-70(73)64-61-58-55-52-49-46-42-29-26-23-20-17-14-11-8-5-2/h15,18,24,27,29,42,67H,4-14,16-17,19-23,25-26,28,30-41,43-66H2,1-3H3/b18-15-,27-24-,42-29-. The normalized spacial score (nSPS) is 12.2. The Hall–Kier alpha value is -2.37. The van der Waals surface area contributed by atoms with Crippen LogP contribution >= 0.6 is 0 Å². The molecule has 6 heteroatoms. The fourth-order valence-corrected chi connectivity index (χ4v) is 10.2.